The molecule has 0 spiro atoms. The molecule has 5 nitrogen and oxygen atoms in total. The number of carbonyl (C=O) groups excluding carboxylic acids is 1. The van der Waals surface area contributed by atoms with Gasteiger partial charge >= 0.3 is 0 Å². The van der Waals surface area contributed by atoms with Crippen molar-refractivity contribution < 1.29 is 4.79 Å². The van der Waals surface area contributed by atoms with Gasteiger partial charge in [0, 0.05) is 25.1 Å². The molecule has 0 aliphatic rings. The molecule has 1 atom stereocenters. The molecule has 0 saturated heterocycles. The number of aromatic nitrogens is 2. The highest BCUT2D eigenvalue weighted by Gasteiger charge is 2.12. The average molecular weight is 247 g/mol. The fraction of sp³-hybridized carbons (Fsp3) is 0.600. The smallest absolute Gasteiger partial charge is 0.229 e. The largest absolute Gasteiger partial charge is 0.330 e. The number of amides is 1. The van der Waals surface area contributed by atoms with E-state index in [2.05, 4.69) is 17.3 Å². The number of nitrogens with two attached hydrogens (primary N) is 1. The van der Waals surface area contributed by atoms with Crippen LogP contribution in [0.4, 0.5) is 5.82 Å². The molecule has 1 aromatic heterocycles. The summed E-state index contributed by atoms with van der Waals surface area (Å²) in [4.78, 5) is 11.6. The lowest BCUT2D eigenvalue weighted by atomic mass is 10.2. The zero-order chi connectivity index (χ0) is 11.3. The Bertz CT molecular complexity index is 326. The molecule has 0 radical (unpaired) electrons. The third-order valence-electron chi connectivity index (χ3n) is 2.20. The number of rotatable bonds is 5. The van der Waals surface area contributed by atoms with Crippen molar-refractivity contribution >= 4 is 24.1 Å². The molecule has 1 aromatic rings. The van der Waals surface area contributed by atoms with E-state index in [0.717, 1.165) is 18.8 Å². The second-order valence-corrected chi connectivity index (χ2v) is 3.57. The van der Waals surface area contributed by atoms with Crippen LogP contribution < -0.4 is 11.1 Å². The Hall–Kier alpha value is -1.07. The number of hydrogen-bond acceptors (Lipinski definition) is 3. The fourth-order valence-electron chi connectivity index (χ4n) is 1.19. The zero-order valence-electron chi connectivity index (χ0n) is 9.64. The number of hydrogen-bond donors (Lipinski definition) is 2. The van der Waals surface area contributed by atoms with Gasteiger partial charge in [0.1, 0.15) is 5.82 Å². The first-order valence-electron chi connectivity index (χ1n) is 5.21. The van der Waals surface area contributed by atoms with E-state index in [-0.39, 0.29) is 24.2 Å². The molecule has 1 rings (SSSR count). The van der Waals surface area contributed by atoms with Crippen LogP contribution in [0.15, 0.2) is 12.3 Å². The third kappa shape index (κ3) is 3.83. The van der Waals surface area contributed by atoms with Crippen LogP contribution in [0.25, 0.3) is 0 Å². The van der Waals surface area contributed by atoms with Crippen LogP contribution in [0.1, 0.15) is 20.3 Å². The van der Waals surface area contributed by atoms with Gasteiger partial charge in [0.15, 0.2) is 0 Å². The Kier molecular flexibility index (Phi) is 6.76. The molecular weight excluding hydrogens is 228 g/mol. The van der Waals surface area contributed by atoms with Gasteiger partial charge in [-0.25, -0.2) is 4.68 Å². The number of carbonyl (C=O) groups is 1. The predicted octanol–water partition coefficient (Wildman–Crippen LogP) is 1.25. The minimum atomic E-state index is -0.171. The molecule has 0 saturated carbocycles. The van der Waals surface area contributed by atoms with Gasteiger partial charge in [0.05, 0.1) is 6.20 Å². The average Bonchev–Trinajstić information content (AvgIpc) is 2.65. The number of anilines is 1. The third-order valence-corrected chi connectivity index (χ3v) is 2.20. The van der Waals surface area contributed by atoms with E-state index < -0.39 is 0 Å². The molecule has 0 aliphatic carbocycles. The van der Waals surface area contributed by atoms with Crippen LogP contribution >= 0.6 is 12.4 Å². The summed E-state index contributed by atoms with van der Waals surface area (Å²) >= 11 is 0. The molecule has 1 amide bonds. The maximum atomic E-state index is 11.6. The zero-order valence-corrected chi connectivity index (χ0v) is 10.5. The fourth-order valence-corrected chi connectivity index (χ4v) is 1.19. The lowest BCUT2D eigenvalue weighted by Crippen LogP contribution is -2.27. The van der Waals surface area contributed by atoms with Gasteiger partial charge in [-0.05, 0) is 6.42 Å². The van der Waals surface area contributed by atoms with Gasteiger partial charge in [-0.2, -0.15) is 5.10 Å². The maximum Gasteiger partial charge on any atom is 0.229 e. The number of nitrogens with zero attached hydrogens (tertiary/aromatic N) is 2. The Morgan fingerprint density at radius 2 is 2.38 bits per heavy atom. The first-order valence-corrected chi connectivity index (χ1v) is 5.21. The summed E-state index contributed by atoms with van der Waals surface area (Å²) in [5, 5.41) is 6.92. The highest BCUT2D eigenvalue weighted by molar-refractivity contribution is 5.91. The summed E-state index contributed by atoms with van der Waals surface area (Å²) in [6.07, 6.45) is 2.66. The number of nitrogens with one attached hydrogen (secondary N) is 1. The molecule has 1 unspecified atom stereocenters. The van der Waals surface area contributed by atoms with Crippen LogP contribution in [0.3, 0.4) is 0 Å². The minimum absolute atomic E-state index is 0. The van der Waals surface area contributed by atoms with Crippen LogP contribution in [0, 0.1) is 5.92 Å². The van der Waals surface area contributed by atoms with E-state index in [9.17, 15) is 4.79 Å². The van der Waals surface area contributed by atoms with Crippen LogP contribution in [-0.2, 0) is 11.3 Å². The SMILES string of the molecule is CCCn1nccc1NC(=O)C(C)CN.Cl. The molecule has 16 heavy (non-hydrogen) atoms. The lowest BCUT2D eigenvalue weighted by Gasteiger charge is -2.11. The first kappa shape index (κ1) is 14.9. The van der Waals surface area contributed by atoms with Gasteiger partial charge in [-0.15, -0.1) is 12.4 Å². The summed E-state index contributed by atoms with van der Waals surface area (Å²) in [5.41, 5.74) is 5.42. The van der Waals surface area contributed by atoms with Gasteiger partial charge in [0.25, 0.3) is 0 Å². The quantitative estimate of drug-likeness (QED) is 0.821. The summed E-state index contributed by atoms with van der Waals surface area (Å²) < 4.78 is 1.78. The molecule has 6 heteroatoms. The first-order chi connectivity index (χ1) is 7.19. The topological polar surface area (TPSA) is 72.9 Å². The van der Waals surface area contributed by atoms with Crippen molar-refractivity contribution in [3.05, 3.63) is 12.3 Å². The van der Waals surface area contributed by atoms with E-state index in [1.165, 1.54) is 0 Å². The lowest BCUT2D eigenvalue weighted by molar-refractivity contribution is -0.119. The molecular formula is C10H19ClN4O. The monoisotopic (exact) mass is 246 g/mol. The maximum absolute atomic E-state index is 11.6. The summed E-state index contributed by atoms with van der Waals surface area (Å²) in [5.74, 6) is 0.507. The van der Waals surface area contributed by atoms with Crippen molar-refractivity contribution in [1.82, 2.24) is 9.78 Å². The van der Waals surface area contributed by atoms with Crippen molar-refractivity contribution in [3.8, 4) is 0 Å². The second kappa shape index (κ2) is 7.24. The molecule has 3 N–H and O–H groups in total. The van der Waals surface area contributed by atoms with Crippen molar-refractivity contribution in [3.63, 3.8) is 0 Å². The van der Waals surface area contributed by atoms with Crippen molar-refractivity contribution in [2.24, 2.45) is 11.7 Å². The van der Waals surface area contributed by atoms with E-state index >= 15 is 0 Å². The minimum Gasteiger partial charge on any atom is -0.330 e. The van der Waals surface area contributed by atoms with Crippen molar-refractivity contribution in [1.29, 1.82) is 0 Å². The Labute approximate surface area is 102 Å². The molecule has 0 aromatic carbocycles. The van der Waals surface area contributed by atoms with E-state index in [0.29, 0.717) is 6.54 Å². The number of aryl methyl sites for hydroxylation is 1. The van der Waals surface area contributed by atoms with Crippen molar-refractivity contribution in [2.75, 3.05) is 11.9 Å². The predicted molar refractivity (Wildman–Crippen MR) is 66.6 cm³/mol. The van der Waals surface area contributed by atoms with E-state index in [1.807, 2.05) is 0 Å². The summed E-state index contributed by atoms with van der Waals surface area (Å²) in [6.45, 7) is 5.03. The molecule has 92 valence electrons. The van der Waals surface area contributed by atoms with E-state index in [4.69, 9.17) is 5.73 Å². The molecule has 0 bridgehead atoms. The normalized spacial score (nSPS) is 11.7. The second-order valence-electron chi connectivity index (χ2n) is 3.57. The van der Waals surface area contributed by atoms with Crippen molar-refractivity contribution in [2.45, 2.75) is 26.8 Å². The van der Waals surface area contributed by atoms with Gasteiger partial charge in [-0.3, -0.25) is 4.79 Å². The highest BCUT2D eigenvalue weighted by Crippen LogP contribution is 2.08. The molecule has 0 fully saturated rings. The Morgan fingerprint density at radius 1 is 1.69 bits per heavy atom. The highest BCUT2D eigenvalue weighted by atomic mass is 35.5. The van der Waals surface area contributed by atoms with Gasteiger partial charge in [-0.1, -0.05) is 13.8 Å². The summed E-state index contributed by atoms with van der Waals surface area (Å²) in [6, 6.07) is 1.79. The van der Waals surface area contributed by atoms with Gasteiger partial charge in [0.2, 0.25) is 5.91 Å². The van der Waals surface area contributed by atoms with Crippen LogP contribution in [-0.4, -0.2) is 22.2 Å². The molecule has 1 heterocycles. The van der Waals surface area contributed by atoms with Crippen LogP contribution in [0.5, 0.6) is 0 Å². The Balaban J connectivity index is 0.00000225. The van der Waals surface area contributed by atoms with Gasteiger partial charge < -0.3 is 11.1 Å². The Morgan fingerprint density at radius 3 is 2.94 bits per heavy atom. The number of halogens is 1. The molecule has 0 aliphatic heterocycles. The van der Waals surface area contributed by atoms with E-state index in [1.54, 1.807) is 23.9 Å². The standard InChI is InChI=1S/C10H18N4O.ClH/c1-3-6-14-9(4-5-12-14)13-10(15)8(2)7-11;/h4-5,8H,3,6-7,11H2,1-2H3,(H,13,15);1H. The van der Waals surface area contributed by atoms with Crippen LogP contribution in [0.2, 0.25) is 0 Å². The summed E-state index contributed by atoms with van der Waals surface area (Å²) in [7, 11) is 0.